The van der Waals surface area contributed by atoms with Gasteiger partial charge in [0.25, 0.3) is 0 Å². The van der Waals surface area contributed by atoms with Crippen LogP contribution in [0.15, 0.2) is 65.7 Å². The van der Waals surface area contributed by atoms with Gasteiger partial charge in [-0.25, -0.2) is 14.6 Å². The summed E-state index contributed by atoms with van der Waals surface area (Å²) in [5.74, 6) is 3.03. The standard InChI is InChI=1S/C19H16N6O2/c1-26-14-6-4-13(5-7-14)24-9-8-20-19(24)17-22-16-11-21-25(18(16)23-17)12-15-3-2-10-27-15/h2-11H,12H2,1H3,(H,22,23). The van der Waals surface area contributed by atoms with Gasteiger partial charge in [0.05, 0.1) is 19.6 Å². The minimum Gasteiger partial charge on any atom is -0.497 e. The number of hydrogen-bond acceptors (Lipinski definition) is 5. The molecular formula is C19H16N6O2. The number of nitrogens with zero attached hydrogens (tertiary/aromatic N) is 5. The van der Waals surface area contributed by atoms with E-state index in [9.17, 15) is 0 Å². The third-order valence-electron chi connectivity index (χ3n) is 4.37. The first-order valence-electron chi connectivity index (χ1n) is 8.44. The molecule has 0 radical (unpaired) electrons. The Bertz CT molecular complexity index is 1180. The van der Waals surface area contributed by atoms with E-state index in [4.69, 9.17) is 14.1 Å². The van der Waals surface area contributed by atoms with Crippen LogP contribution in [0.1, 0.15) is 5.76 Å². The van der Waals surface area contributed by atoms with Crippen LogP contribution in [0, 0.1) is 0 Å². The lowest BCUT2D eigenvalue weighted by Gasteiger charge is -2.07. The van der Waals surface area contributed by atoms with Crippen molar-refractivity contribution in [3.05, 3.63) is 67.0 Å². The molecule has 5 rings (SSSR count). The minimum atomic E-state index is 0.522. The maximum Gasteiger partial charge on any atom is 0.180 e. The highest BCUT2D eigenvalue weighted by atomic mass is 16.5. The van der Waals surface area contributed by atoms with Crippen molar-refractivity contribution >= 4 is 11.2 Å². The summed E-state index contributed by atoms with van der Waals surface area (Å²) in [4.78, 5) is 12.5. The first-order chi connectivity index (χ1) is 13.3. The predicted octanol–water partition coefficient (Wildman–Crippen LogP) is 3.26. The van der Waals surface area contributed by atoms with Gasteiger partial charge in [-0.2, -0.15) is 5.10 Å². The molecule has 5 aromatic rings. The number of nitrogens with one attached hydrogen (secondary N) is 1. The SMILES string of the molecule is COc1ccc(-n2ccnc2-c2nc3c(cnn3Cc3ccco3)[nH]2)cc1. The number of ether oxygens (including phenoxy) is 1. The van der Waals surface area contributed by atoms with Crippen LogP contribution >= 0.6 is 0 Å². The summed E-state index contributed by atoms with van der Waals surface area (Å²) < 4.78 is 14.4. The first kappa shape index (κ1) is 15.4. The molecule has 0 aliphatic carbocycles. The zero-order valence-electron chi connectivity index (χ0n) is 14.5. The van der Waals surface area contributed by atoms with E-state index in [1.807, 2.05) is 47.2 Å². The molecule has 0 aliphatic heterocycles. The number of rotatable bonds is 5. The normalized spacial score (nSPS) is 11.3. The Hall–Kier alpha value is -3.81. The lowest BCUT2D eigenvalue weighted by atomic mass is 10.3. The monoisotopic (exact) mass is 360 g/mol. The molecule has 8 nitrogen and oxygen atoms in total. The summed E-state index contributed by atoms with van der Waals surface area (Å²) in [6.07, 6.45) is 7.06. The van der Waals surface area contributed by atoms with Crippen LogP contribution in [-0.4, -0.2) is 36.4 Å². The van der Waals surface area contributed by atoms with E-state index in [2.05, 4.69) is 15.1 Å². The second kappa shape index (κ2) is 6.17. The smallest absolute Gasteiger partial charge is 0.180 e. The maximum absolute atomic E-state index is 5.41. The molecule has 0 atom stereocenters. The van der Waals surface area contributed by atoms with Crippen LogP contribution < -0.4 is 4.74 Å². The van der Waals surface area contributed by atoms with E-state index in [0.717, 1.165) is 34.2 Å². The van der Waals surface area contributed by atoms with E-state index >= 15 is 0 Å². The van der Waals surface area contributed by atoms with Crippen molar-refractivity contribution in [2.24, 2.45) is 0 Å². The van der Waals surface area contributed by atoms with Crippen molar-refractivity contribution in [1.82, 2.24) is 29.3 Å². The molecule has 0 amide bonds. The zero-order valence-corrected chi connectivity index (χ0v) is 14.5. The number of aromatic nitrogens is 6. The molecule has 27 heavy (non-hydrogen) atoms. The summed E-state index contributed by atoms with van der Waals surface area (Å²) in [5.41, 5.74) is 2.58. The molecule has 1 aromatic carbocycles. The van der Waals surface area contributed by atoms with Gasteiger partial charge in [-0.1, -0.05) is 0 Å². The molecule has 0 saturated heterocycles. The predicted molar refractivity (Wildman–Crippen MR) is 98.8 cm³/mol. The van der Waals surface area contributed by atoms with Gasteiger partial charge in [0.1, 0.15) is 23.6 Å². The van der Waals surface area contributed by atoms with Gasteiger partial charge >= 0.3 is 0 Å². The van der Waals surface area contributed by atoms with Gasteiger partial charge in [-0.15, -0.1) is 0 Å². The number of aromatic amines is 1. The van der Waals surface area contributed by atoms with E-state index in [1.165, 1.54) is 0 Å². The van der Waals surface area contributed by atoms with E-state index in [-0.39, 0.29) is 0 Å². The average molecular weight is 360 g/mol. The topological polar surface area (TPSA) is 86.7 Å². The highest BCUT2D eigenvalue weighted by molar-refractivity contribution is 5.74. The molecule has 0 unspecified atom stereocenters. The lowest BCUT2D eigenvalue weighted by molar-refractivity contribution is 0.415. The van der Waals surface area contributed by atoms with Crippen LogP contribution in [0.3, 0.4) is 0 Å². The highest BCUT2D eigenvalue weighted by Gasteiger charge is 2.16. The Morgan fingerprint density at radius 3 is 2.85 bits per heavy atom. The number of benzene rings is 1. The number of imidazole rings is 2. The molecule has 0 bridgehead atoms. The third kappa shape index (κ3) is 2.67. The van der Waals surface area contributed by atoms with Gasteiger partial charge in [-0.3, -0.25) is 4.57 Å². The summed E-state index contributed by atoms with van der Waals surface area (Å²) in [5, 5.41) is 4.37. The van der Waals surface area contributed by atoms with E-state index < -0.39 is 0 Å². The Labute approximate surface area is 154 Å². The van der Waals surface area contributed by atoms with Crippen LogP contribution in [0.2, 0.25) is 0 Å². The molecule has 0 spiro atoms. The molecular weight excluding hydrogens is 344 g/mol. The summed E-state index contributed by atoms with van der Waals surface area (Å²) in [6, 6.07) is 11.6. The first-order valence-corrected chi connectivity index (χ1v) is 8.44. The van der Waals surface area contributed by atoms with Gasteiger partial charge in [0.15, 0.2) is 17.3 Å². The van der Waals surface area contributed by atoms with Gasteiger partial charge < -0.3 is 14.1 Å². The van der Waals surface area contributed by atoms with Crippen LogP contribution in [-0.2, 0) is 6.54 Å². The molecule has 0 saturated carbocycles. The van der Waals surface area contributed by atoms with Crippen LogP contribution in [0.4, 0.5) is 0 Å². The van der Waals surface area contributed by atoms with E-state index in [0.29, 0.717) is 12.4 Å². The van der Waals surface area contributed by atoms with E-state index in [1.54, 1.807) is 30.4 Å². The van der Waals surface area contributed by atoms with Crippen LogP contribution in [0.25, 0.3) is 28.5 Å². The molecule has 1 N–H and O–H groups in total. The van der Waals surface area contributed by atoms with Gasteiger partial charge in [-0.05, 0) is 36.4 Å². The molecule has 134 valence electrons. The lowest BCUT2D eigenvalue weighted by Crippen LogP contribution is -2.01. The summed E-state index contributed by atoms with van der Waals surface area (Å²) in [7, 11) is 1.65. The number of methoxy groups -OCH3 is 1. The summed E-state index contributed by atoms with van der Waals surface area (Å²) in [6.45, 7) is 0.522. The van der Waals surface area contributed by atoms with Crippen molar-refractivity contribution in [3.63, 3.8) is 0 Å². The second-order valence-electron chi connectivity index (χ2n) is 6.02. The largest absolute Gasteiger partial charge is 0.497 e. The van der Waals surface area contributed by atoms with Crippen molar-refractivity contribution in [2.75, 3.05) is 7.11 Å². The van der Waals surface area contributed by atoms with Crippen molar-refractivity contribution in [3.8, 4) is 23.1 Å². The fourth-order valence-corrected chi connectivity index (χ4v) is 3.05. The molecule has 0 aliphatic rings. The molecule has 4 aromatic heterocycles. The van der Waals surface area contributed by atoms with Crippen molar-refractivity contribution in [1.29, 1.82) is 0 Å². The Morgan fingerprint density at radius 1 is 1.19 bits per heavy atom. The summed E-state index contributed by atoms with van der Waals surface area (Å²) >= 11 is 0. The zero-order chi connectivity index (χ0) is 18.2. The number of H-pyrrole nitrogens is 1. The van der Waals surface area contributed by atoms with Crippen LogP contribution in [0.5, 0.6) is 5.75 Å². The molecule has 8 heteroatoms. The highest BCUT2D eigenvalue weighted by Crippen LogP contribution is 2.23. The molecule has 0 fully saturated rings. The number of fused-ring (bicyclic) bond motifs is 1. The maximum atomic E-state index is 5.41. The minimum absolute atomic E-state index is 0.522. The van der Waals surface area contributed by atoms with Crippen molar-refractivity contribution in [2.45, 2.75) is 6.54 Å². The quantitative estimate of drug-likeness (QED) is 0.520. The second-order valence-corrected chi connectivity index (χ2v) is 6.02. The number of hydrogen-bond donors (Lipinski definition) is 1. The van der Waals surface area contributed by atoms with Crippen molar-refractivity contribution < 1.29 is 9.15 Å². The number of furan rings is 1. The van der Waals surface area contributed by atoms with Gasteiger partial charge in [0, 0.05) is 18.1 Å². The third-order valence-corrected chi connectivity index (χ3v) is 4.37. The fourth-order valence-electron chi connectivity index (χ4n) is 3.05. The Balaban J connectivity index is 1.53. The Morgan fingerprint density at radius 2 is 2.07 bits per heavy atom. The average Bonchev–Trinajstić information content (AvgIpc) is 3.47. The fraction of sp³-hybridized carbons (Fsp3) is 0.105. The van der Waals surface area contributed by atoms with Gasteiger partial charge in [0.2, 0.25) is 0 Å². The molecule has 4 heterocycles. The Kier molecular flexibility index (Phi) is 3.53.